The predicted octanol–water partition coefficient (Wildman–Crippen LogP) is 3.33. The van der Waals surface area contributed by atoms with Crippen LogP contribution in [0, 0.1) is 0 Å². The number of aliphatic hydroxyl groups excluding tert-OH is 2. The molecule has 31 heavy (non-hydrogen) atoms. The molecule has 0 spiro atoms. The fourth-order valence-electron chi connectivity index (χ4n) is 2.67. The monoisotopic (exact) mass is 456 g/mol. The third-order valence-corrected chi connectivity index (χ3v) is 3.91. The van der Waals surface area contributed by atoms with E-state index >= 15 is 0 Å². The average Bonchev–Trinajstić information content (AvgIpc) is 3.62. The molecule has 172 valence electrons. The molecule has 3 N–H and O–H groups in total. The molecule has 1 fully saturated rings. The number of anilines is 1. The maximum atomic E-state index is 13.3. The third kappa shape index (κ3) is 6.44. The van der Waals surface area contributed by atoms with Crippen LogP contribution in [0.15, 0.2) is 12.7 Å². The second-order valence-electron chi connectivity index (χ2n) is 5.88. The number of carbonyl (C=O) groups excluding carboxylic acids is 1. The molecule has 0 aliphatic carbocycles. The van der Waals surface area contributed by atoms with E-state index < -0.39 is 107 Å². The van der Waals surface area contributed by atoms with Crippen LogP contribution in [0.4, 0.5) is 5.82 Å². The van der Waals surface area contributed by atoms with Gasteiger partial charge in [-0.15, -0.1) is 0 Å². The number of carbonyl (C=O) groups is 1. The van der Waals surface area contributed by atoms with E-state index in [1.165, 1.54) is 0 Å². The number of imidazole rings is 1. The normalized spacial score (nSPS) is 37.1. The summed E-state index contributed by atoms with van der Waals surface area (Å²) in [5.41, 5.74) is -0.480. The summed E-state index contributed by atoms with van der Waals surface area (Å²) in [5, 5.41) is 21.6. The van der Waals surface area contributed by atoms with E-state index in [-0.39, 0.29) is 17.6 Å². The number of ether oxygens (including phenoxy) is 1. The van der Waals surface area contributed by atoms with Gasteiger partial charge in [-0.3, -0.25) is 9.36 Å². The number of rotatable bonds is 13. The van der Waals surface area contributed by atoms with Crippen LogP contribution < -0.4 is 5.32 Å². The number of hydrogen-bond acceptors (Lipinski definition) is 7. The number of nitrogens with one attached hydrogen (secondary N) is 1. The number of fused-ring (bicyclic) bond motifs is 1. The van der Waals surface area contributed by atoms with Gasteiger partial charge in [-0.2, -0.15) is 0 Å². The first kappa shape index (κ1) is 7.74. The van der Waals surface area contributed by atoms with Crippen molar-refractivity contribution in [2.75, 3.05) is 11.9 Å². The van der Waals surface area contributed by atoms with Crippen LogP contribution in [0.25, 0.3) is 11.2 Å². The summed E-state index contributed by atoms with van der Waals surface area (Å²) >= 11 is 0. The smallest absolute Gasteiger partial charge is 0.225 e. The first-order valence-electron chi connectivity index (χ1n) is 20.2. The molecule has 0 unspecified atom stereocenters. The second kappa shape index (κ2) is 12.1. The Kier molecular flexibility index (Phi) is 3.01. The third-order valence-electron chi connectivity index (χ3n) is 3.91. The Hall–Kier alpha value is -2.10. The van der Waals surface area contributed by atoms with Gasteiger partial charge < -0.3 is 20.3 Å². The molecule has 1 aliphatic rings. The van der Waals surface area contributed by atoms with Gasteiger partial charge in [0.15, 0.2) is 23.2 Å². The molecule has 0 saturated carbocycles. The van der Waals surface area contributed by atoms with Crippen LogP contribution in [0.3, 0.4) is 0 Å². The molecule has 0 bridgehead atoms. The number of aliphatic hydroxyl groups is 2. The zero-order chi connectivity index (χ0) is 42.5. The van der Waals surface area contributed by atoms with Crippen molar-refractivity contribution in [1.29, 1.82) is 0 Å². The molecule has 3 rings (SSSR count). The average molecular weight is 457 g/mol. The minimum Gasteiger partial charge on any atom is -0.394 e. The molecule has 1 saturated heterocycles. The summed E-state index contributed by atoms with van der Waals surface area (Å²) in [5.74, 6) is -2.75. The Morgan fingerprint density at radius 3 is 2.68 bits per heavy atom. The van der Waals surface area contributed by atoms with Gasteiger partial charge in [0, 0.05) is 44.3 Å². The van der Waals surface area contributed by atoms with E-state index in [1.54, 1.807) is 0 Å². The first-order chi connectivity index (χ1) is 23.8. The Bertz CT molecular complexity index is 1730. The molecule has 9 nitrogen and oxygen atoms in total. The highest BCUT2D eigenvalue weighted by molar-refractivity contribution is 5.96. The molecule has 1 aliphatic heterocycles. The summed E-state index contributed by atoms with van der Waals surface area (Å²) in [6.07, 6.45) is -47.8. The number of amides is 1. The first-order valence-corrected chi connectivity index (χ1v) is 8.74. The van der Waals surface area contributed by atoms with Crippen LogP contribution in [0.2, 0.25) is 0 Å². The van der Waals surface area contributed by atoms with Gasteiger partial charge in [0.25, 0.3) is 0 Å². The van der Waals surface area contributed by atoms with Crippen molar-refractivity contribution in [3.05, 3.63) is 12.7 Å². The topological polar surface area (TPSA) is 122 Å². The molecule has 2 aromatic rings. The van der Waals surface area contributed by atoms with Gasteiger partial charge in [-0.1, -0.05) is 57.8 Å². The van der Waals surface area contributed by atoms with Crippen LogP contribution >= 0.6 is 0 Å². The lowest BCUT2D eigenvalue weighted by Crippen LogP contribution is -2.19. The summed E-state index contributed by atoms with van der Waals surface area (Å²) < 4.78 is 191. The largest absolute Gasteiger partial charge is 0.394 e. The molecule has 1 amide bonds. The number of aromatic nitrogens is 4. The van der Waals surface area contributed by atoms with Crippen molar-refractivity contribution in [1.82, 2.24) is 19.5 Å². The van der Waals surface area contributed by atoms with E-state index in [1.807, 2.05) is 5.32 Å². The Labute approximate surface area is 215 Å². The molecular weight excluding hydrogens is 398 g/mol. The van der Waals surface area contributed by atoms with Crippen molar-refractivity contribution in [3.63, 3.8) is 0 Å². The van der Waals surface area contributed by atoms with E-state index in [2.05, 4.69) is 15.0 Å². The Balaban J connectivity index is 2.04. The van der Waals surface area contributed by atoms with Crippen LogP contribution in [-0.2, 0) is 9.53 Å². The maximum Gasteiger partial charge on any atom is 0.225 e. The molecule has 9 heteroatoms. The summed E-state index contributed by atoms with van der Waals surface area (Å²) in [6, 6.07) is 0. The zero-order valence-electron chi connectivity index (χ0n) is 38.8. The SMILES string of the molecule is [2H]C([2H])([2H])C([2H])([2H])C([2H])([2H])C([2H])([2H])C([2H])([2H])C([2H])([2H])C([2H])([2H])C([2H])([2H])C([2H])([2H])C([2H])([2H])C([2H])([2H])C(=O)Nc1ncnc2c1ncn2[C@@H]1O[C@H](CO)C[C@H]1O. The van der Waals surface area contributed by atoms with Crippen molar-refractivity contribution in [3.8, 4) is 0 Å². The highest BCUT2D eigenvalue weighted by Crippen LogP contribution is 2.31. The van der Waals surface area contributed by atoms with E-state index in [0.29, 0.717) is 0 Å². The number of hydrogen-bond donors (Lipinski definition) is 3. The van der Waals surface area contributed by atoms with Gasteiger partial charge in [-0.25, -0.2) is 15.0 Å². The van der Waals surface area contributed by atoms with Gasteiger partial charge in [0.05, 0.1) is 19.0 Å². The van der Waals surface area contributed by atoms with Crippen molar-refractivity contribution < 1.29 is 51.3 Å². The van der Waals surface area contributed by atoms with Crippen LogP contribution in [0.1, 0.15) is 115 Å². The molecule has 3 atom stereocenters. The fourth-order valence-corrected chi connectivity index (χ4v) is 2.67. The maximum absolute atomic E-state index is 13.3. The second-order valence-corrected chi connectivity index (χ2v) is 5.88. The van der Waals surface area contributed by atoms with E-state index in [9.17, 15) is 15.0 Å². The summed E-state index contributed by atoms with van der Waals surface area (Å²) in [4.78, 5) is 24.9. The number of nitrogens with zero attached hydrogens (tertiary/aromatic N) is 4. The molecule has 2 aromatic heterocycles. The van der Waals surface area contributed by atoms with Gasteiger partial charge >= 0.3 is 0 Å². The van der Waals surface area contributed by atoms with E-state index in [0.717, 1.165) is 17.2 Å². The minimum atomic E-state index is -4.88. The molecule has 0 aromatic carbocycles. The highest BCUT2D eigenvalue weighted by Gasteiger charge is 2.36. The van der Waals surface area contributed by atoms with Crippen LogP contribution in [-0.4, -0.2) is 54.5 Å². The summed E-state index contributed by atoms with van der Waals surface area (Å²) in [7, 11) is 0. The Morgan fingerprint density at radius 2 is 1.97 bits per heavy atom. The van der Waals surface area contributed by atoms with E-state index in [4.69, 9.17) is 36.3 Å². The predicted molar refractivity (Wildman–Crippen MR) is 117 cm³/mol. The van der Waals surface area contributed by atoms with Gasteiger partial charge in [0.1, 0.15) is 12.4 Å². The standard InChI is InChI=1S/C22H35N5O4/c1-2-3-4-5-6-7-8-9-10-11-18(30)26-20-19-21(24-14-23-20)27(15-25-19)22-17(29)12-16(13-28)31-22/h14-17,22,28-29H,2-13H2,1H3,(H,23,24,26,30)/t16-,17+,22+/m0/s1/i1D3,2D2,3D2,4D2,5D2,6D2,7D2,8D2,9D2,10D2,11D2. The minimum absolute atomic E-state index is 0.00830. The quantitative estimate of drug-likeness (QED) is 0.422. The van der Waals surface area contributed by atoms with Crippen LogP contribution in [0.5, 0.6) is 0 Å². The van der Waals surface area contributed by atoms with Crippen molar-refractivity contribution in [2.45, 2.75) is 95.4 Å². The lowest BCUT2D eigenvalue weighted by molar-refractivity contribution is -0.116. The molecule has 0 radical (unpaired) electrons. The van der Waals surface area contributed by atoms with Crippen molar-refractivity contribution >= 4 is 22.9 Å². The molecule has 3 heterocycles. The Morgan fingerprint density at radius 1 is 1.23 bits per heavy atom. The zero-order valence-corrected chi connectivity index (χ0v) is 15.8. The lowest BCUT2D eigenvalue weighted by Gasteiger charge is -2.16. The van der Waals surface area contributed by atoms with Gasteiger partial charge in [-0.05, 0) is 6.37 Å². The molecular formula is C22H35N5O4. The summed E-state index contributed by atoms with van der Waals surface area (Å²) in [6.45, 7) is -4.48. The van der Waals surface area contributed by atoms with Gasteiger partial charge in [0.2, 0.25) is 5.91 Å². The lowest BCUT2D eigenvalue weighted by atomic mass is 10.1. The van der Waals surface area contributed by atoms with Crippen molar-refractivity contribution in [2.24, 2.45) is 0 Å². The highest BCUT2D eigenvalue weighted by atomic mass is 16.5. The fraction of sp³-hybridized carbons (Fsp3) is 0.727.